The molecule has 0 saturated heterocycles. The van der Waals surface area contributed by atoms with E-state index in [4.69, 9.17) is 14.8 Å². The van der Waals surface area contributed by atoms with Crippen LogP contribution in [0.3, 0.4) is 0 Å². The lowest BCUT2D eigenvalue weighted by atomic mass is 9.93. The van der Waals surface area contributed by atoms with Crippen molar-refractivity contribution in [1.29, 1.82) is 0 Å². The fourth-order valence-corrected chi connectivity index (χ4v) is 7.27. The predicted octanol–water partition coefficient (Wildman–Crippen LogP) is 5.52. The van der Waals surface area contributed by atoms with Crippen LogP contribution in [0.1, 0.15) is 34.6 Å². The van der Waals surface area contributed by atoms with E-state index in [2.05, 4.69) is 11.9 Å². The standard InChI is InChI=1S/C34H29F2N5O4S/c1-3-28(43)40-9-10-41-26(18(40)2)17-25(39-41)32-30(29-24(36)15-21(35)16-27(29)45-12-11-42)33-22(7-13-46-33)31(38-32)20-5-4-19-6-8-37-34(44)23(19)14-20/h3-5,7,13-18,42H,1,6,8-12H2,2H3,(H,37,44)/t18-/m1/s1. The summed E-state index contributed by atoms with van der Waals surface area (Å²) in [7, 11) is 0. The minimum Gasteiger partial charge on any atom is -0.490 e. The van der Waals surface area contributed by atoms with Crippen molar-refractivity contribution in [3.63, 3.8) is 0 Å². The molecular weight excluding hydrogens is 612 g/mol. The molecule has 2 aromatic carbocycles. The highest BCUT2D eigenvalue weighted by atomic mass is 32.1. The molecule has 2 aliphatic rings. The zero-order valence-electron chi connectivity index (χ0n) is 24.8. The van der Waals surface area contributed by atoms with Crippen molar-refractivity contribution in [1.82, 2.24) is 25.0 Å². The molecule has 5 heterocycles. The lowest BCUT2D eigenvalue weighted by Crippen LogP contribution is -2.40. The summed E-state index contributed by atoms with van der Waals surface area (Å²) in [5.74, 6) is -2.12. The molecular formula is C34H29F2N5O4S. The Hall–Kier alpha value is -4.94. The van der Waals surface area contributed by atoms with Crippen LogP contribution < -0.4 is 10.1 Å². The van der Waals surface area contributed by atoms with Gasteiger partial charge >= 0.3 is 0 Å². The fourth-order valence-electron chi connectivity index (χ4n) is 6.32. The molecule has 12 heteroatoms. The molecule has 0 spiro atoms. The number of ether oxygens (including phenoxy) is 1. The number of carbonyl (C=O) groups excluding carboxylic acids is 2. The summed E-state index contributed by atoms with van der Waals surface area (Å²) in [6.45, 7) is 6.42. The highest BCUT2D eigenvalue weighted by Crippen LogP contribution is 2.47. The first kappa shape index (κ1) is 29.8. The van der Waals surface area contributed by atoms with Crippen LogP contribution in [0, 0.1) is 11.6 Å². The van der Waals surface area contributed by atoms with Crippen molar-refractivity contribution in [3.8, 4) is 39.5 Å². The van der Waals surface area contributed by atoms with E-state index < -0.39 is 11.6 Å². The van der Waals surface area contributed by atoms with Gasteiger partial charge in [0.25, 0.3) is 5.91 Å². The van der Waals surface area contributed by atoms with Gasteiger partial charge < -0.3 is 20.1 Å². The number of rotatable bonds is 7. The topological polar surface area (TPSA) is 110 Å². The molecule has 0 saturated carbocycles. The number of aliphatic hydroxyl groups is 1. The molecule has 0 aliphatic carbocycles. The minimum atomic E-state index is -0.857. The highest BCUT2D eigenvalue weighted by Gasteiger charge is 2.31. The monoisotopic (exact) mass is 641 g/mol. The Morgan fingerprint density at radius 2 is 2.02 bits per heavy atom. The molecule has 2 N–H and O–H groups in total. The number of hydrogen-bond acceptors (Lipinski definition) is 7. The summed E-state index contributed by atoms with van der Waals surface area (Å²) < 4.78 is 38.6. The number of carbonyl (C=O) groups is 2. The van der Waals surface area contributed by atoms with E-state index in [-0.39, 0.29) is 42.4 Å². The lowest BCUT2D eigenvalue weighted by Gasteiger charge is -2.33. The number of nitrogens with one attached hydrogen (secondary N) is 1. The Kier molecular flexibility index (Phi) is 7.61. The average Bonchev–Trinajstić information content (AvgIpc) is 3.72. The van der Waals surface area contributed by atoms with Crippen LogP contribution in [0.5, 0.6) is 5.75 Å². The molecule has 1 atom stereocenters. The van der Waals surface area contributed by atoms with Crippen LogP contribution in [0.4, 0.5) is 8.78 Å². The number of pyridine rings is 1. The van der Waals surface area contributed by atoms with E-state index in [0.29, 0.717) is 63.5 Å². The molecule has 7 rings (SSSR count). The third-order valence-electron chi connectivity index (χ3n) is 8.49. The summed E-state index contributed by atoms with van der Waals surface area (Å²) >= 11 is 1.36. The van der Waals surface area contributed by atoms with Crippen molar-refractivity contribution in [2.45, 2.75) is 25.9 Å². The summed E-state index contributed by atoms with van der Waals surface area (Å²) in [5, 5.41) is 19.8. The van der Waals surface area contributed by atoms with Crippen LogP contribution in [0.25, 0.3) is 43.9 Å². The molecule has 0 unspecified atom stereocenters. The predicted molar refractivity (Wildman–Crippen MR) is 171 cm³/mol. The molecule has 2 amide bonds. The van der Waals surface area contributed by atoms with Crippen LogP contribution in [-0.2, 0) is 17.8 Å². The molecule has 46 heavy (non-hydrogen) atoms. The third kappa shape index (κ3) is 4.94. The van der Waals surface area contributed by atoms with Crippen molar-refractivity contribution < 1.29 is 28.2 Å². The number of thiophene rings is 1. The fraction of sp³-hybridized carbons (Fsp3) is 0.235. The number of hydrogen-bond donors (Lipinski definition) is 2. The van der Waals surface area contributed by atoms with Crippen molar-refractivity contribution in [2.75, 3.05) is 26.3 Å². The van der Waals surface area contributed by atoms with E-state index in [1.807, 2.05) is 47.3 Å². The highest BCUT2D eigenvalue weighted by molar-refractivity contribution is 7.18. The average molecular weight is 642 g/mol. The minimum absolute atomic E-state index is 0.0105. The quantitative estimate of drug-likeness (QED) is 0.227. The van der Waals surface area contributed by atoms with Crippen molar-refractivity contribution in [3.05, 3.63) is 89.0 Å². The molecule has 2 aliphatic heterocycles. The first-order valence-electron chi connectivity index (χ1n) is 14.9. The second-order valence-electron chi connectivity index (χ2n) is 11.1. The van der Waals surface area contributed by atoms with Gasteiger partial charge in [-0.25, -0.2) is 13.8 Å². The molecule has 234 valence electrons. The van der Waals surface area contributed by atoms with Gasteiger partial charge in [-0.1, -0.05) is 18.7 Å². The van der Waals surface area contributed by atoms with E-state index in [9.17, 15) is 19.1 Å². The third-order valence-corrected chi connectivity index (χ3v) is 9.42. The second-order valence-corrected chi connectivity index (χ2v) is 12.1. The maximum Gasteiger partial charge on any atom is 0.251 e. The number of nitrogens with zero attached hydrogens (tertiary/aromatic N) is 4. The molecule has 0 radical (unpaired) electrons. The first-order valence-corrected chi connectivity index (χ1v) is 15.7. The van der Waals surface area contributed by atoms with Crippen LogP contribution in [0.2, 0.25) is 0 Å². The van der Waals surface area contributed by atoms with Gasteiger partial charge in [-0.15, -0.1) is 11.3 Å². The maximum atomic E-state index is 15.9. The Balaban J connectivity index is 1.51. The Morgan fingerprint density at radius 1 is 1.17 bits per heavy atom. The van der Waals surface area contributed by atoms with Gasteiger partial charge in [0, 0.05) is 52.0 Å². The molecule has 0 bridgehead atoms. The Morgan fingerprint density at radius 3 is 2.83 bits per heavy atom. The van der Waals surface area contributed by atoms with Crippen molar-refractivity contribution in [2.24, 2.45) is 0 Å². The summed E-state index contributed by atoms with van der Waals surface area (Å²) in [4.78, 5) is 32.2. The van der Waals surface area contributed by atoms with Crippen LogP contribution >= 0.6 is 11.3 Å². The number of halogens is 2. The van der Waals surface area contributed by atoms with Gasteiger partial charge in [-0.2, -0.15) is 5.10 Å². The SMILES string of the molecule is C=CC(=O)N1CCn2nc(-c3nc(-c4ccc5c(c4)C(=O)NCC5)c4ccsc4c3-c3c(F)cc(F)cc3OCCO)cc2[C@H]1C. The largest absolute Gasteiger partial charge is 0.490 e. The summed E-state index contributed by atoms with van der Waals surface area (Å²) in [6, 6.07) is 10.9. The molecule has 5 aromatic rings. The number of aliphatic hydroxyl groups excluding tert-OH is 1. The van der Waals surface area contributed by atoms with Gasteiger partial charge in [0.1, 0.15) is 35.4 Å². The smallest absolute Gasteiger partial charge is 0.251 e. The normalized spacial score (nSPS) is 15.8. The summed E-state index contributed by atoms with van der Waals surface area (Å²) in [5.41, 5.74) is 4.64. The van der Waals surface area contributed by atoms with E-state index in [0.717, 1.165) is 29.8 Å². The van der Waals surface area contributed by atoms with E-state index in [1.165, 1.54) is 17.4 Å². The molecule has 9 nitrogen and oxygen atoms in total. The van der Waals surface area contributed by atoms with Gasteiger partial charge in [0.05, 0.1) is 36.1 Å². The van der Waals surface area contributed by atoms with E-state index in [1.54, 1.807) is 4.90 Å². The van der Waals surface area contributed by atoms with Gasteiger partial charge in [0.2, 0.25) is 5.91 Å². The number of fused-ring (bicyclic) bond motifs is 3. The van der Waals surface area contributed by atoms with Gasteiger partial charge in [-0.3, -0.25) is 14.3 Å². The molecule has 3 aromatic heterocycles. The Labute approximate surface area is 266 Å². The number of benzene rings is 2. The number of amides is 2. The van der Waals surface area contributed by atoms with Gasteiger partial charge in [0.15, 0.2) is 0 Å². The van der Waals surface area contributed by atoms with Crippen LogP contribution in [0.15, 0.2) is 60.5 Å². The van der Waals surface area contributed by atoms with Crippen molar-refractivity contribution >= 4 is 33.2 Å². The molecule has 0 fully saturated rings. The maximum absolute atomic E-state index is 15.9. The second kappa shape index (κ2) is 11.8. The van der Waals surface area contributed by atoms with E-state index >= 15 is 4.39 Å². The zero-order valence-corrected chi connectivity index (χ0v) is 25.7. The summed E-state index contributed by atoms with van der Waals surface area (Å²) in [6.07, 6.45) is 2.00. The Bertz CT molecular complexity index is 2060. The lowest BCUT2D eigenvalue weighted by molar-refractivity contribution is -0.129. The zero-order chi connectivity index (χ0) is 32.1. The van der Waals surface area contributed by atoms with Crippen LogP contribution in [-0.4, -0.2) is 62.9 Å². The first-order chi connectivity index (χ1) is 22.3. The van der Waals surface area contributed by atoms with Gasteiger partial charge in [-0.05, 0) is 48.6 Å². The number of aromatic nitrogens is 3.